The van der Waals surface area contributed by atoms with Gasteiger partial charge in [0.25, 0.3) is 0 Å². The van der Waals surface area contributed by atoms with E-state index >= 15 is 0 Å². The molecule has 0 aliphatic carbocycles. The molecule has 1 heterocycles. The molecule has 1 aromatic heterocycles. The third-order valence-electron chi connectivity index (χ3n) is 4.47. The monoisotopic (exact) mass is 390 g/mol. The van der Waals surface area contributed by atoms with Gasteiger partial charge >= 0.3 is 0 Å². The number of aromatic nitrogens is 2. The highest BCUT2D eigenvalue weighted by molar-refractivity contribution is 7.90. The first-order chi connectivity index (χ1) is 13.4. The number of phenolic OH excluding ortho intramolecular Hbond substituents is 1. The third-order valence-corrected chi connectivity index (χ3v) is 5.60. The van der Waals surface area contributed by atoms with Crippen molar-refractivity contribution in [3.05, 3.63) is 84.9 Å². The molecule has 140 valence electrons. The first kappa shape index (κ1) is 18.0. The van der Waals surface area contributed by atoms with Crippen LogP contribution in [-0.4, -0.2) is 29.6 Å². The van der Waals surface area contributed by atoms with Gasteiger partial charge in [-0.15, -0.1) is 0 Å². The van der Waals surface area contributed by atoms with E-state index in [1.165, 1.54) is 6.26 Å². The molecule has 6 heteroatoms. The predicted molar refractivity (Wildman–Crippen MR) is 109 cm³/mol. The van der Waals surface area contributed by atoms with Crippen LogP contribution in [0.1, 0.15) is 0 Å². The van der Waals surface area contributed by atoms with Crippen molar-refractivity contribution in [2.75, 3.05) is 6.26 Å². The Morgan fingerprint density at radius 3 is 2.14 bits per heavy atom. The zero-order valence-corrected chi connectivity index (χ0v) is 16.0. The maximum atomic E-state index is 11.7. The molecule has 1 N–H and O–H groups in total. The maximum absolute atomic E-state index is 11.7. The normalized spacial score (nSPS) is 11.5. The molecule has 0 saturated carbocycles. The highest BCUT2D eigenvalue weighted by Gasteiger charge is 2.15. The Labute approximate surface area is 163 Å². The highest BCUT2D eigenvalue weighted by Crippen LogP contribution is 2.32. The predicted octanol–water partition coefficient (Wildman–Crippen LogP) is 4.32. The summed E-state index contributed by atoms with van der Waals surface area (Å²) in [7, 11) is -3.27. The van der Waals surface area contributed by atoms with Crippen molar-refractivity contribution in [2.24, 2.45) is 0 Å². The Hall–Kier alpha value is -3.38. The summed E-state index contributed by atoms with van der Waals surface area (Å²) in [6.45, 7) is 0. The molecule has 0 spiro atoms. The molecular weight excluding hydrogens is 372 g/mol. The number of sulfone groups is 1. The van der Waals surface area contributed by atoms with Gasteiger partial charge < -0.3 is 5.11 Å². The first-order valence-corrected chi connectivity index (χ1v) is 10.6. The van der Waals surface area contributed by atoms with Crippen molar-refractivity contribution in [3.63, 3.8) is 0 Å². The van der Waals surface area contributed by atoms with E-state index in [0.717, 1.165) is 16.9 Å². The lowest BCUT2D eigenvalue weighted by Crippen LogP contribution is -2.01. The van der Waals surface area contributed by atoms with Crippen molar-refractivity contribution in [1.29, 1.82) is 0 Å². The average Bonchev–Trinajstić information content (AvgIpc) is 3.14. The van der Waals surface area contributed by atoms with Crippen LogP contribution >= 0.6 is 0 Å². The van der Waals surface area contributed by atoms with Crippen LogP contribution in [0.3, 0.4) is 0 Å². The molecule has 0 unspecified atom stereocenters. The van der Waals surface area contributed by atoms with E-state index in [1.54, 1.807) is 41.1 Å². The second-order valence-corrected chi connectivity index (χ2v) is 8.49. The zero-order valence-electron chi connectivity index (χ0n) is 15.1. The fraction of sp³-hybridized carbons (Fsp3) is 0.0455. The lowest BCUT2D eigenvalue weighted by Gasteiger charge is -2.08. The van der Waals surface area contributed by atoms with Crippen LogP contribution in [0.5, 0.6) is 5.75 Å². The van der Waals surface area contributed by atoms with E-state index < -0.39 is 9.84 Å². The summed E-state index contributed by atoms with van der Waals surface area (Å²) in [6, 6.07) is 25.3. The van der Waals surface area contributed by atoms with Crippen LogP contribution in [0.15, 0.2) is 89.8 Å². The van der Waals surface area contributed by atoms with Gasteiger partial charge in [-0.05, 0) is 42.5 Å². The average molecular weight is 390 g/mol. The van der Waals surface area contributed by atoms with Gasteiger partial charge in [0, 0.05) is 17.4 Å². The summed E-state index contributed by atoms with van der Waals surface area (Å²) in [6.07, 6.45) is 1.18. The number of aromatic hydroxyl groups is 1. The lowest BCUT2D eigenvalue weighted by atomic mass is 10.1. The van der Waals surface area contributed by atoms with E-state index in [4.69, 9.17) is 0 Å². The number of rotatable bonds is 4. The van der Waals surface area contributed by atoms with Crippen molar-refractivity contribution >= 4 is 9.84 Å². The van der Waals surface area contributed by atoms with Gasteiger partial charge in [-0.1, -0.05) is 42.5 Å². The summed E-state index contributed by atoms with van der Waals surface area (Å²) >= 11 is 0. The van der Waals surface area contributed by atoms with Gasteiger partial charge in [0.15, 0.2) is 9.84 Å². The molecule has 0 atom stereocenters. The number of hydrogen-bond acceptors (Lipinski definition) is 4. The molecule has 0 aliphatic rings. The standard InChI is InChI=1S/C22H18N2O3S/c1-28(26,27)18-13-11-17(12-14-18)24-21(16-7-3-2-4-8-16)15-20(23-24)19-9-5-6-10-22(19)25/h2-15,25H,1H3. The fourth-order valence-electron chi connectivity index (χ4n) is 3.05. The molecular formula is C22H18N2O3S. The van der Waals surface area contributed by atoms with Gasteiger partial charge in [0.2, 0.25) is 0 Å². The zero-order chi connectivity index (χ0) is 19.7. The van der Waals surface area contributed by atoms with Crippen LogP contribution < -0.4 is 0 Å². The lowest BCUT2D eigenvalue weighted by molar-refractivity contribution is 0.477. The molecule has 4 rings (SSSR count). The van der Waals surface area contributed by atoms with Crippen LogP contribution in [-0.2, 0) is 9.84 Å². The van der Waals surface area contributed by atoms with Crippen LogP contribution in [0, 0.1) is 0 Å². The number of phenols is 1. The quantitative estimate of drug-likeness (QED) is 0.563. The SMILES string of the molecule is CS(=O)(=O)c1ccc(-n2nc(-c3ccccc3O)cc2-c2ccccc2)cc1. The maximum Gasteiger partial charge on any atom is 0.175 e. The van der Waals surface area contributed by atoms with Crippen LogP contribution in [0.2, 0.25) is 0 Å². The van der Waals surface area contributed by atoms with E-state index in [1.807, 2.05) is 48.5 Å². The third kappa shape index (κ3) is 3.42. The molecule has 4 aromatic rings. The summed E-state index contributed by atoms with van der Waals surface area (Å²) in [4.78, 5) is 0.255. The second kappa shape index (κ2) is 6.98. The number of benzene rings is 3. The van der Waals surface area contributed by atoms with Crippen molar-refractivity contribution in [1.82, 2.24) is 9.78 Å². The molecule has 0 amide bonds. The summed E-state index contributed by atoms with van der Waals surface area (Å²) < 4.78 is 25.2. The largest absolute Gasteiger partial charge is 0.507 e. The molecule has 3 aromatic carbocycles. The molecule has 0 aliphatic heterocycles. The van der Waals surface area contributed by atoms with Crippen molar-refractivity contribution in [2.45, 2.75) is 4.90 Å². The fourth-order valence-corrected chi connectivity index (χ4v) is 3.68. The summed E-state index contributed by atoms with van der Waals surface area (Å²) in [5.74, 6) is 0.152. The molecule has 0 bridgehead atoms. The smallest absolute Gasteiger partial charge is 0.175 e. The van der Waals surface area contributed by atoms with Gasteiger partial charge in [0.1, 0.15) is 5.75 Å². The minimum Gasteiger partial charge on any atom is -0.507 e. The molecule has 0 saturated heterocycles. The van der Waals surface area contributed by atoms with E-state index in [0.29, 0.717) is 11.3 Å². The second-order valence-electron chi connectivity index (χ2n) is 6.48. The number of para-hydroxylation sites is 1. The van der Waals surface area contributed by atoms with Gasteiger partial charge in [0.05, 0.1) is 22.0 Å². The van der Waals surface area contributed by atoms with Crippen molar-refractivity contribution in [3.8, 4) is 34.0 Å². The highest BCUT2D eigenvalue weighted by atomic mass is 32.2. The summed E-state index contributed by atoms with van der Waals surface area (Å²) in [5.41, 5.74) is 3.79. The number of nitrogens with zero attached hydrogens (tertiary/aromatic N) is 2. The molecule has 0 radical (unpaired) electrons. The van der Waals surface area contributed by atoms with Gasteiger partial charge in [-0.3, -0.25) is 0 Å². The minimum absolute atomic E-state index is 0.152. The molecule has 28 heavy (non-hydrogen) atoms. The Balaban J connectivity index is 1.89. The van der Waals surface area contributed by atoms with E-state index in [-0.39, 0.29) is 10.6 Å². The Morgan fingerprint density at radius 1 is 0.857 bits per heavy atom. The van der Waals surface area contributed by atoms with Crippen LogP contribution in [0.25, 0.3) is 28.2 Å². The van der Waals surface area contributed by atoms with E-state index in [9.17, 15) is 13.5 Å². The molecule has 5 nitrogen and oxygen atoms in total. The Morgan fingerprint density at radius 2 is 1.50 bits per heavy atom. The Bertz CT molecular complexity index is 1230. The first-order valence-electron chi connectivity index (χ1n) is 8.68. The Kier molecular flexibility index (Phi) is 4.49. The topological polar surface area (TPSA) is 72.2 Å². The summed E-state index contributed by atoms with van der Waals surface area (Å²) in [5, 5.41) is 14.9. The number of hydrogen-bond donors (Lipinski definition) is 1. The molecule has 0 fully saturated rings. The van der Waals surface area contributed by atoms with Crippen LogP contribution in [0.4, 0.5) is 0 Å². The minimum atomic E-state index is -3.27. The van der Waals surface area contributed by atoms with Gasteiger partial charge in [-0.25, -0.2) is 13.1 Å². The van der Waals surface area contributed by atoms with E-state index in [2.05, 4.69) is 5.10 Å². The van der Waals surface area contributed by atoms with Crippen molar-refractivity contribution < 1.29 is 13.5 Å². The van der Waals surface area contributed by atoms with Gasteiger partial charge in [-0.2, -0.15) is 5.10 Å².